The third kappa shape index (κ3) is 1.83. The number of hydrogen-bond donors (Lipinski definition) is 0. The van der Waals surface area contributed by atoms with E-state index < -0.39 is 0 Å². The second-order valence-corrected chi connectivity index (χ2v) is 5.94. The zero-order chi connectivity index (χ0) is 14.4. The van der Waals surface area contributed by atoms with Crippen LogP contribution in [0.3, 0.4) is 0 Å². The molecule has 0 atom stereocenters. The molecule has 0 amide bonds. The molecule has 3 aromatic carbocycles. The Hall–Kier alpha value is -2.34. The maximum absolute atomic E-state index is 2.27. The van der Waals surface area contributed by atoms with Gasteiger partial charge in [0.25, 0.3) is 0 Å². The van der Waals surface area contributed by atoms with Crippen molar-refractivity contribution in [2.75, 3.05) is 0 Å². The molecule has 0 bridgehead atoms. The largest absolute Gasteiger partial charge is 0.0654 e. The summed E-state index contributed by atoms with van der Waals surface area (Å²) < 4.78 is 0. The van der Waals surface area contributed by atoms with E-state index in [0.29, 0.717) is 0 Å². The molecule has 0 aliphatic heterocycles. The van der Waals surface area contributed by atoms with Crippen LogP contribution >= 0.6 is 0 Å². The maximum atomic E-state index is 2.27. The Morgan fingerprint density at radius 2 is 1.33 bits per heavy atom. The molecule has 0 fully saturated rings. The van der Waals surface area contributed by atoms with Crippen LogP contribution < -0.4 is 0 Å². The molecule has 0 N–H and O–H groups in total. The molecule has 0 spiro atoms. The van der Waals surface area contributed by atoms with E-state index in [2.05, 4.69) is 74.5 Å². The van der Waals surface area contributed by atoms with Crippen molar-refractivity contribution in [1.29, 1.82) is 0 Å². The lowest BCUT2D eigenvalue weighted by molar-refractivity contribution is 1.19. The molecule has 102 valence electrons. The first-order chi connectivity index (χ1) is 10.3. The van der Waals surface area contributed by atoms with Crippen LogP contribution in [0.4, 0.5) is 0 Å². The van der Waals surface area contributed by atoms with Gasteiger partial charge in [0, 0.05) is 0 Å². The molecule has 0 aromatic heterocycles. The normalized spacial score (nSPS) is 13.8. The molecule has 1 aliphatic carbocycles. The molecule has 0 nitrogen and oxygen atoms in total. The summed E-state index contributed by atoms with van der Waals surface area (Å²) in [6.45, 7) is 4.50. The fourth-order valence-electron chi connectivity index (χ4n) is 3.47. The first-order valence-electron chi connectivity index (χ1n) is 7.52. The molecule has 0 saturated carbocycles. The molecule has 0 radical (unpaired) electrons. The summed E-state index contributed by atoms with van der Waals surface area (Å²) in [6.07, 6.45) is 1.08. The lowest BCUT2D eigenvalue weighted by Crippen LogP contribution is -1.91. The average molecular weight is 270 g/mol. The number of rotatable bonds is 1. The van der Waals surface area contributed by atoms with E-state index >= 15 is 0 Å². The molecule has 21 heavy (non-hydrogen) atoms. The highest BCUT2D eigenvalue weighted by Gasteiger charge is 2.19. The van der Waals surface area contributed by atoms with Gasteiger partial charge in [-0.1, -0.05) is 66.2 Å². The summed E-state index contributed by atoms with van der Waals surface area (Å²) in [6, 6.07) is 22.0. The van der Waals surface area contributed by atoms with Crippen molar-refractivity contribution in [3.05, 3.63) is 77.4 Å². The lowest BCUT2D eigenvalue weighted by atomic mass is 9.92. The van der Waals surface area contributed by atoms with Crippen molar-refractivity contribution in [2.45, 2.75) is 20.3 Å². The standard InChI is InChI=1S/C21H18/c1-14-13-21-17(15(14)2)10-6-12-20(21)19-11-5-8-16-7-3-4-9-18(16)19/h3-12H,13H2,1-2H3. The van der Waals surface area contributed by atoms with E-state index in [1.54, 1.807) is 0 Å². The van der Waals surface area contributed by atoms with Gasteiger partial charge in [-0.25, -0.2) is 0 Å². The van der Waals surface area contributed by atoms with E-state index in [-0.39, 0.29) is 0 Å². The van der Waals surface area contributed by atoms with Gasteiger partial charge in [0.2, 0.25) is 0 Å². The lowest BCUT2D eigenvalue weighted by Gasteiger charge is -2.12. The molecule has 3 aromatic rings. The summed E-state index contributed by atoms with van der Waals surface area (Å²) >= 11 is 0. The van der Waals surface area contributed by atoms with Crippen molar-refractivity contribution in [2.24, 2.45) is 0 Å². The molecule has 1 aliphatic rings. The van der Waals surface area contributed by atoms with Crippen LogP contribution in [0.5, 0.6) is 0 Å². The Bertz CT molecular complexity index is 876. The minimum Gasteiger partial charge on any atom is -0.0654 e. The SMILES string of the molecule is CC1=C(C)c2cccc(-c3cccc4ccccc34)c2C1. The summed E-state index contributed by atoms with van der Waals surface area (Å²) in [4.78, 5) is 0. The maximum Gasteiger partial charge on any atom is -0.00517 e. The molecule has 0 saturated heterocycles. The quantitative estimate of drug-likeness (QED) is 0.520. The molecule has 0 heteroatoms. The van der Waals surface area contributed by atoms with Gasteiger partial charge in [0.15, 0.2) is 0 Å². The van der Waals surface area contributed by atoms with Gasteiger partial charge in [-0.2, -0.15) is 0 Å². The van der Waals surface area contributed by atoms with Crippen LogP contribution in [-0.4, -0.2) is 0 Å². The third-order valence-electron chi connectivity index (χ3n) is 4.74. The number of fused-ring (bicyclic) bond motifs is 2. The fraction of sp³-hybridized carbons (Fsp3) is 0.143. The van der Waals surface area contributed by atoms with E-state index in [4.69, 9.17) is 0 Å². The summed E-state index contributed by atoms with van der Waals surface area (Å²) in [7, 11) is 0. The van der Waals surface area contributed by atoms with Crippen molar-refractivity contribution < 1.29 is 0 Å². The van der Waals surface area contributed by atoms with E-state index in [9.17, 15) is 0 Å². The topological polar surface area (TPSA) is 0 Å². The predicted octanol–water partition coefficient (Wildman–Crippen LogP) is 5.86. The molecule has 0 unspecified atom stereocenters. The van der Waals surface area contributed by atoms with Crippen LogP contribution in [0.1, 0.15) is 25.0 Å². The Balaban J connectivity index is 2.01. The number of benzene rings is 3. The zero-order valence-corrected chi connectivity index (χ0v) is 12.5. The highest BCUT2D eigenvalue weighted by molar-refractivity contribution is 5.98. The van der Waals surface area contributed by atoms with Crippen molar-refractivity contribution in [3.63, 3.8) is 0 Å². The fourth-order valence-corrected chi connectivity index (χ4v) is 3.47. The minimum absolute atomic E-state index is 1.08. The second-order valence-electron chi connectivity index (χ2n) is 5.94. The van der Waals surface area contributed by atoms with E-state index in [0.717, 1.165) is 6.42 Å². The summed E-state index contributed by atoms with van der Waals surface area (Å²) in [5, 5.41) is 2.66. The van der Waals surface area contributed by atoms with Gasteiger partial charge < -0.3 is 0 Å². The van der Waals surface area contributed by atoms with Crippen LogP contribution in [0.2, 0.25) is 0 Å². The zero-order valence-electron chi connectivity index (χ0n) is 12.5. The Morgan fingerprint density at radius 1 is 0.667 bits per heavy atom. The highest BCUT2D eigenvalue weighted by Crippen LogP contribution is 2.40. The van der Waals surface area contributed by atoms with Crippen LogP contribution in [0, 0.1) is 0 Å². The van der Waals surface area contributed by atoms with Gasteiger partial charge >= 0.3 is 0 Å². The average Bonchev–Trinajstić information content (AvgIpc) is 2.82. The summed E-state index contributed by atoms with van der Waals surface area (Å²) in [5.74, 6) is 0. The van der Waals surface area contributed by atoms with E-state index in [1.807, 2.05) is 0 Å². The predicted molar refractivity (Wildman–Crippen MR) is 91.4 cm³/mol. The Kier molecular flexibility index (Phi) is 2.71. The van der Waals surface area contributed by atoms with Crippen molar-refractivity contribution >= 4 is 16.3 Å². The van der Waals surface area contributed by atoms with Gasteiger partial charge in [-0.3, -0.25) is 0 Å². The molecular formula is C21H18. The molecular weight excluding hydrogens is 252 g/mol. The first kappa shape index (κ1) is 12.4. The minimum atomic E-state index is 1.08. The van der Waals surface area contributed by atoms with Gasteiger partial charge in [0.1, 0.15) is 0 Å². The van der Waals surface area contributed by atoms with Crippen LogP contribution in [0.15, 0.2) is 66.2 Å². The van der Waals surface area contributed by atoms with Crippen LogP contribution in [0.25, 0.3) is 27.5 Å². The Morgan fingerprint density at radius 3 is 2.24 bits per heavy atom. The smallest absolute Gasteiger partial charge is 0.00517 e. The van der Waals surface area contributed by atoms with Gasteiger partial charge in [-0.05, 0) is 58.9 Å². The second kappa shape index (κ2) is 4.60. The van der Waals surface area contributed by atoms with Crippen molar-refractivity contribution in [1.82, 2.24) is 0 Å². The van der Waals surface area contributed by atoms with Gasteiger partial charge in [-0.15, -0.1) is 0 Å². The summed E-state index contributed by atoms with van der Waals surface area (Å²) in [5.41, 5.74) is 8.61. The van der Waals surface area contributed by atoms with Gasteiger partial charge in [0.05, 0.1) is 0 Å². The Labute approximate surface area is 125 Å². The number of allylic oxidation sites excluding steroid dienone is 2. The monoisotopic (exact) mass is 270 g/mol. The number of hydrogen-bond acceptors (Lipinski definition) is 0. The first-order valence-corrected chi connectivity index (χ1v) is 7.52. The molecule has 0 heterocycles. The third-order valence-corrected chi connectivity index (χ3v) is 4.74. The molecule has 4 rings (SSSR count). The highest BCUT2D eigenvalue weighted by atomic mass is 14.2. The van der Waals surface area contributed by atoms with Crippen molar-refractivity contribution in [3.8, 4) is 11.1 Å². The van der Waals surface area contributed by atoms with E-state index in [1.165, 1.54) is 44.2 Å². The van der Waals surface area contributed by atoms with Crippen LogP contribution in [-0.2, 0) is 6.42 Å².